The van der Waals surface area contributed by atoms with Crippen molar-refractivity contribution < 1.29 is 9.53 Å². The van der Waals surface area contributed by atoms with Crippen molar-refractivity contribution in [1.29, 1.82) is 0 Å². The van der Waals surface area contributed by atoms with Crippen molar-refractivity contribution in [2.75, 3.05) is 39.8 Å². The summed E-state index contributed by atoms with van der Waals surface area (Å²) in [6, 6.07) is 0.0410. The molecular weight excluding hydrogens is 218 g/mol. The number of nitrogens with zero attached hydrogens (tertiary/aromatic N) is 1. The van der Waals surface area contributed by atoms with Gasteiger partial charge in [-0.2, -0.15) is 0 Å². The molecule has 0 bridgehead atoms. The third-order valence-electron chi connectivity index (χ3n) is 3.61. The minimum Gasteiger partial charge on any atom is -0.374 e. The zero-order valence-electron chi connectivity index (χ0n) is 10.6. The van der Waals surface area contributed by atoms with E-state index in [1.54, 1.807) is 7.05 Å². The first kappa shape index (κ1) is 12.8. The van der Waals surface area contributed by atoms with Crippen LogP contribution < -0.4 is 10.6 Å². The van der Waals surface area contributed by atoms with Crippen LogP contribution in [0.5, 0.6) is 0 Å². The van der Waals surface area contributed by atoms with Gasteiger partial charge in [0.05, 0.1) is 18.8 Å². The van der Waals surface area contributed by atoms with Gasteiger partial charge in [-0.1, -0.05) is 6.42 Å². The fraction of sp³-hybridized carbons (Fsp3) is 0.917. The molecule has 0 saturated carbocycles. The number of carbonyl (C=O) groups is 1. The standard InChI is InChI=1S/C12H23N3O2/c1-13-12(16)11-4-2-3-6-15(11)9-10-8-14-5-7-17-10/h10-11,14H,2-9H2,1H3,(H,13,16). The molecule has 98 valence electrons. The van der Waals surface area contributed by atoms with Gasteiger partial charge >= 0.3 is 0 Å². The average molecular weight is 241 g/mol. The topological polar surface area (TPSA) is 53.6 Å². The monoisotopic (exact) mass is 241 g/mol. The lowest BCUT2D eigenvalue weighted by atomic mass is 10.0. The van der Waals surface area contributed by atoms with Crippen molar-refractivity contribution in [3.63, 3.8) is 0 Å². The maximum atomic E-state index is 11.8. The first-order valence-corrected chi connectivity index (χ1v) is 6.59. The van der Waals surface area contributed by atoms with Crippen LogP contribution in [0.15, 0.2) is 0 Å². The Morgan fingerprint density at radius 1 is 1.53 bits per heavy atom. The molecule has 5 nitrogen and oxygen atoms in total. The Morgan fingerprint density at radius 3 is 3.12 bits per heavy atom. The van der Waals surface area contributed by atoms with Gasteiger partial charge in [0, 0.05) is 26.7 Å². The highest BCUT2D eigenvalue weighted by Gasteiger charge is 2.30. The predicted octanol–water partition coefficient (Wildman–Crippen LogP) is -0.425. The molecule has 2 heterocycles. The van der Waals surface area contributed by atoms with Crippen LogP contribution in [0.2, 0.25) is 0 Å². The van der Waals surface area contributed by atoms with E-state index >= 15 is 0 Å². The number of carbonyl (C=O) groups excluding carboxylic acids is 1. The summed E-state index contributed by atoms with van der Waals surface area (Å²) < 4.78 is 5.71. The second-order valence-corrected chi connectivity index (χ2v) is 4.82. The van der Waals surface area contributed by atoms with E-state index in [-0.39, 0.29) is 18.1 Å². The van der Waals surface area contributed by atoms with Gasteiger partial charge < -0.3 is 15.4 Å². The van der Waals surface area contributed by atoms with Gasteiger partial charge in [-0.05, 0) is 19.4 Å². The summed E-state index contributed by atoms with van der Waals surface area (Å²) in [4.78, 5) is 14.1. The highest BCUT2D eigenvalue weighted by atomic mass is 16.5. The van der Waals surface area contributed by atoms with Crippen molar-refractivity contribution in [2.45, 2.75) is 31.4 Å². The van der Waals surface area contributed by atoms with E-state index in [0.717, 1.165) is 45.6 Å². The van der Waals surface area contributed by atoms with Crippen LogP contribution in [0.1, 0.15) is 19.3 Å². The molecule has 2 unspecified atom stereocenters. The molecule has 0 spiro atoms. The molecule has 2 rings (SSSR count). The molecule has 0 radical (unpaired) electrons. The highest BCUT2D eigenvalue weighted by Crippen LogP contribution is 2.18. The second-order valence-electron chi connectivity index (χ2n) is 4.82. The van der Waals surface area contributed by atoms with Crippen molar-refractivity contribution in [1.82, 2.24) is 15.5 Å². The van der Waals surface area contributed by atoms with E-state index in [2.05, 4.69) is 15.5 Å². The molecular formula is C12H23N3O2. The Bertz CT molecular complexity index is 254. The van der Waals surface area contributed by atoms with Gasteiger partial charge in [0.2, 0.25) is 5.91 Å². The SMILES string of the molecule is CNC(=O)C1CCCCN1CC1CNCCO1. The quantitative estimate of drug-likeness (QED) is 0.704. The van der Waals surface area contributed by atoms with Crippen LogP contribution in [-0.4, -0.2) is 62.8 Å². The van der Waals surface area contributed by atoms with E-state index in [1.165, 1.54) is 6.42 Å². The molecule has 0 aliphatic carbocycles. The summed E-state index contributed by atoms with van der Waals surface area (Å²) in [5.74, 6) is 0.147. The minimum atomic E-state index is 0.0410. The van der Waals surface area contributed by atoms with Crippen LogP contribution in [0, 0.1) is 0 Å². The van der Waals surface area contributed by atoms with Gasteiger partial charge in [0.15, 0.2) is 0 Å². The van der Waals surface area contributed by atoms with Crippen LogP contribution in [0.25, 0.3) is 0 Å². The van der Waals surface area contributed by atoms with Crippen LogP contribution >= 0.6 is 0 Å². The Balaban J connectivity index is 1.88. The fourth-order valence-corrected chi connectivity index (χ4v) is 2.67. The highest BCUT2D eigenvalue weighted by molar-refractivity contribution is 5.81. The predicted molar refractivity (Wildman–Crippen MR) is 65.9 cm³/mol. The second kappa shape index (κ2) is 6.33. The van der Waals surface area contributed by atoms with Gasteiger partial charge in [-0.3, -0.25) is 9.69 Å². The summed E-state index contributed by atoms with van der Waals surface area (Å²) in [7, 11) is 1.72. The fourth-order valence-electron chi connectivity index (χ4n) is 2.67. The zero-order chi connectivity index (χ0) is 12.1. The molecule has 5 heteroatoms. The molecule has 2 aliphatic heterocycles. The van der Waals surface area contributed by atoms with Gasteiger partial charge in [0.25, 0.3) is 0 Å². The van der Waals surface area contributed by atoms with Crippen molar-refractivity contribution in [3.05, 3.63) is 0 Å². The normalized spacial score (nSPS) is 31.1. The molecule has 0 aromatic heterocycles. The molecule has 1 amide bonds. The number of hydrogen-bond acceptors (Lipinski definition) is 4. The summed E-state index contributed by atoms with van der Waals surface area (Å²) in [5.41, 5.74) is 0. The Kier molecular flexibility index (Phi) is 4.76. The first-order valence-electron chi connectivity index (χ1n) is 6.59. The third-order valence-corrected chi connectivity index (χ3v) is 3.61. The number of rotatable bonds is 3. The van der Waals surface area contributed by atoms with Crippen molar-refractivity contribution in [3.8, 4) is 0 Å². The number of amides is 1. The summed E-state index contributed by atoms with van der Waals surface area (Å²) >= 11 is 0. The molecule has 0 aromatic carbocycles. The lowest BCUT2D eigenvalue weighted by Crippen LogP contribution is -2.53. The first-order chi connectivity index (χ1) is 8.31. The van der Waals surface area contributed by atoms with Gasteiger partial charge in [-0.15, -0.1) is 0 Å². The molecule has 17 heavy (non-hydrogen) atoms. The lowest BCUT2D eigenvalue weighted by molar-refractivity contribution is -0.128. The lowest BCUT2D eigenvalue weighted by Gasteiger charge is -2.37. The number of likely N-dealkylation sites (N-methyl/N-ethyl adjacent to an activating group) is 1. The number of hydrogen-bond donors (Lipinski definition) is 2. The summed E-state index contributed by atoms with van der Waals surface area (Å²) in [6.45, 7) is 4.50. The van der Waals surface area contributed by atoms with E-state index < -0.39 is 0 Å². The van der Waals surface area contributed by atoms with E-state index in [1.807, 2.05) is 0 Å². The number of piperidine rings is 1. The van der Waals surface area contributed by atoms with Gasteiger partial charge in [0.1, 0.15) is 0 Å². The Hall–Kier alpha value is -0.650. The molecule has 2 atom stereocenters. The van der Waals surface area contributed by atoms with Crippen molar-refractivity contribution in [2.24, 2.45) is 0 Å². The Labute approximate surface area is 103 Å². The number of ether oxygens (including phenoxy) is 1. The maximum absolute atomic E-state index is 11.8. The van der Waals surface area contributed by atoms with Crippen LogP contribution in [0.3, 0.4) is 0 Å². The van der Waals surface area contributed by atoms with E-state index in [0.29, 0.717) is 0 Å². The van der Waals surface area contributed by atoms with E-state index in [9.17, 15) is 4.79 Å². The Morgan fingerprint density at radius 2 is 2.41 bits per heavy atom. The summed E-state index contributed by atoms with van der Waals surface area (Å²) in [6.07, 6.45) is 3.54. The summed E-state index contributed by atoms with van der Waals surface area (Å²) in [5, 5.41) is 6.10. The minimum absolute atomic E-state index is 0.0410. The number of nitrogens with one attached hydrogen (secondary N) is 2. The molecule has 2 saturated heterocycles. The largest absolute Gasteiger partial charge is 0.374 e. The van der Waals surface area contributed by atoms with Crippen LogP contribution in [0.4, 0.5) is 0 Å². The van der Waals surface area contributed by atoms with Crippen molar-refractivity contribution >= 4 is 5.91 Å². The number of likely N-dealkylation sites (tertiary alicyclic amines) is 1. The molecule has 2 aliphatic rings. The van der Waals surface area contributed by atoms with E-state index in [4.69, 9.17) is 4.74 Å². The smallest absolute Gasteiger partial charge is 0.237 e. The van der Waals surface area contributed by atoms with Gasteiger partial charge in [-0.25, -0.2) is 0 Å². The zero-order valence-corrected chi connectivity index (χ0v) is 10.6. The maximum Gasteiger partial charge on any atom is 0.237 e. The third kappa shape index (κ3) is 3.40. The molecule has 2 fully saturated rings. The van der Waals surface area contributed by atoms with Crippen LogP contribution in [-0.2, 0) is 9.53 Å². The molecule has 2 N–H and O–H groups in total. The molecule has 0 aromatic rings. The number of morpholine rings is 1. The average Bonchev–Trinajstić information content (AvgIpc) is 2.40.